The normalized spacial score (nSPS) is 38.4. The Morgan fingerprint density at radius 3 is 2.24 bits per heavy atom. The van der Waals surface area contributed by atoms with Gasteiger partial charge in [-0.3, -0.25) is 14.4 Å². The van der Waals surface area contributed by atoms with Crippen LogP contribution in [0.5, 0.6) is 0 Å². The van der Waals surface area contributed by atoms with E-state index >= 15 is 0 Å². The van der Waals surface area contributed by atoms with E-state index in [4.69, 9.17) is 4.74 Å². The van der Waals surface area contributed by atoms with E-state index in [1.165, 1.54) is 14.2 Å². The molecule has 6 nitrogen and oxygen atoms in total. The summed E-state index contributed by atoms with van der Waals surface area (Å²) < 4.78 is 9.50. The van der Waals surface area contributed by atoms with Crippen LogP contribution >= 0.6 is 0 Å². The van der Waals surface area contributed by atoms with Gasteiger partial charge >= 0.3 is 11.9 Å². The van der Waals surface area contributed by atoms with E-state index in [9.17, 15) is 19.2 Å². The zero-order valence-corrected chi connectivity index (χ0v) is 20.1. The van der Waals surface area contributed by atoms with Gasteiger partial charge in [0, 0.05) is 25.2 Å². The average molecular weight is 465 g/mol. The Labute approximate surface area is 199 Å². The molecule has 0 radical (unpaired) electrons. The third-order valence-corrected chi connectivity index (χ3v) is 8.65. The molecule has 188 valence electrons. The van der Waals surface area contributed by atoms with Crippen molar-refractivity contribution in [2.24, 2.45) is 53.3 Å². The molecule has 0 heterocycles. The molecule has 6 heteroatoms. The lowest BCUT2D eigenvalue weighted by molar-refractivity contribution is -0.147. The van der Waals surface area contributed by atoms with Crippen molar-refractivity contribution in [3.05, 3.63) is 0 Å². The molecule has 33 heavy (non-hydrogen) atoms. The van der Waals surface area contributed by atoms with E-state index in [-0.39, 0.29) is 25.3 Å². The Bertz CT molecular complexity index is 703. The minimum Gasteiger partial charge on any atom is -0.469 e. The number of ketones is 1. The van der Waals surface area contributed by atoms with Gasteiger partial charge in [0.2, 0.25) is 0 Å². The Balaban J connectivity index is 0.000000227. The number of esters is 2. The van der Waals surface area contributed by atoms with Crippen LogP contribution in [0.25, 0.3) is 0 Å². The molecule has 0 N–H and O–H groups in total. The van der Waals surface area contributed by atoms with Crippen LogP contribution in [0.15, 0.2) is 0 Å². The van der Waals surface area contributed by atoms with Gasteiger partial charge in [-0.25, -0.2) is 0 Å². The molecule has 0 amide bonds. The van der Waals surface area contributed by atoms with Crippen LogP contribution in [-0.2, 0) is 28.7 Å². The van der Waals surface area contributed by atoms with E-state index in [0.717, 1.165) is 51.2 Å². The molecule has 4 aliphatic rings. The summed E-state index contributed by atoms with van der Waals surface area (Å²) in [6.45, 7) is 4.41. The van der Waals surface area contributed by atoms with Gasteiger partial charge in [0.15, 0.2) is 0 Å². The number of methoxy groups -OCH3 is 2. The number of carbonyl (C=O) groups is 4. The van der Waals surface area contributed by atoms with Crippen molar-refractivity contribution in [2.45, 2.75) is 79.1 Å². The van der Waals surface area contributed by atoms with Gasteiger partial charge in [-0.05, 0) is 80.0 Å². The van der Waals surface area contributed by atoms with Gasteiger partial charge in [0.1, 0.15) is 12.1 Å². The van der Waals surface area contributed by atoms with Crippen molar-refractivity contribution in [1.29, 1.82) is 0 Å². The van der Waals surface area contributed by atoms with Crippen LogP contribution in [0.3, 0.4) is 0 Å². The zero-order valence-electron chi connectivity index (χ0n) is 20.1. The highest BCUT2D eigenvalue weighted by atomic mass is 16.5. The minimum atomic E-state index is -0.128. The third-order valence-electron chi connectivity index (χ3n) is 8.65. The summed E-state index contributed by atoms with van der Waals surface area (Å²) in [5, 5.41) is 0. The minimum absolute atomic E-state index is 0. The fourth-order valence-electron chi connectivity index (χ4n) is 6.65. The molecule has 0 aromatic carbocycles. The SMILES string of the molecule is C.COC(=O)CC[C@H]1C[C@H]1[C@H]1C(=O)CC[C@H]1C.COC(=O)[C@@H]1CC[C@@H](C)[C@H]1[C@@H]1C[C@@H]1CC=O. The predicted molar refractivity (Wildman–Crippen MR) is 126 cm³/mol. The van der Waals surface area contributed by atoms with Crippen LogP contribution in [0.2, 0.25) is 0 Å². The summed E-state index contributed by atoms with van der Waals surface area (Å²) in [7, 11) is 2.90. The lowest BCUT2D eigenvalue weighted by atomic mass is 9.85. The van der Waals surface area contributed by atoms with Gasteiger partial charge in [-0.15, -0.1) is 0 Å². The fraction of sp³-hybridized carbons (Fsp3) is 0.852. The number of rotatable bonds is 8. The Morgan fingerprint density at radius 2 is 1.67 bits per heavy atom. The molecule has 4 fully saturated rings. The molecule has 9 atom stereocenters. The fourth-order valence-corrected chi connectivity index (χ4v) is 6.65. The molecule has 0 saturated heterocycles. The number of hydrogen-bond donors (Lipinski definition) is 0. The Morgan fingerprint density at radius 1 is 0.970 bits per heavy atom. The molecule has 0 spiro atoms. The van der Waals surface area contributed by atoms with Crippen LogP contribution in [-0.4, -0.2) is 38.2 Å². The molecule has 0 bridgehead atoms. The molecule has 0 unspecified atom stereocenters. The van der Waals surface area contributed by atoms with Crippen LogP contribution in [0.1, 0.15) is 79.1 Å². The van der Waals surface area contributed by atoms with Gasteiger partial charge < -0.3 is 14.3 Å². The molecule has 0 aliphatic heterocycles. The van der Waals surface area contributed by atoms with Crippen molar-refractivity contribution in [1.82, 2.24) is 0 Å². The predicted octanol–water partition coefficient (Wildman–Crippen LogP) is 4.87. The van der Waals surface area contributed by atoms with Gasteiger partial charge in [0.05, 0.1) is 20.1 Å². The summed E-state index contributed by atoms with van der Waals surface area (Å²) in [5.41, 5.74) is 0. The summed E-state index contributed by atoms with van der Waals surface area (Å²) in [4.78, 5) is 44.9. The highest BCUT2D eigenvalue weighted by Crippen LogP contribution is 2.56. The second kappa shape index (κ2) is 12.1. The summed E-state index contributed by atoms with van der Waals surface area (Å²) in [6.07, 6.45) is 9.26. The zero-order chi connectivity index (χ0) is 23.4. The standard InChI is InChI=1S/2C13H20O3.CH4/c1-8-3-5-11(14)13(8)10-7-9(10)4-6-12(15)16-2;1-8-3-4-10(13(15)16-2)12(8)11-7-9(11)5-6-14;/h8-10,13H,3-7H2,1-2H3;6,8-12H,3-5,7H2,1-2H3;1H4/t8-,9+,10-,13+;8-,9+,10-,11-,12-;/m11./s1. The number of aldehydes is 1. The lowest BCUT2D eigenvalue weighted by Crippen LogP contribution is -2.25. The molecular formula is C27H44O6. The van der Waals surface area contributed by atoms with Crippen molar-refractivity contribution >= 4 is 24.0 Å². The first kappa shape index (κ1) is 27.5. The molecular weight excluding hydrogens is 420 g/mol. The van der Waals surface area contributed by atoms with E-state index in [0.29, 0.717) is 66.0 Å². The maximum Gasteiger partial charge on any atom is 0.308 e. The smallest absolute Gasteiger partial charge is 0.308 e. The number of hydrogen-bond acceptors (Lipinski definition) is 6. The molecule has 0 aromatic heterocycles. The topological polar surface area (TPSA) is 86.7 Å². The largest absolute Gasteiger partial charge is 0.469 e. The number of carbonyl (C=O) groups excluding carboxylic acids is 4. The van der Waals surface area contributed by atoms with E-state index in [1.807, 2.05) is 0 Å². The first-order valence-electron chi connectivity index (χ1n) is 12.4. The Kier molecular flexibility index (Phi) is 10.1. The van der Waals surface area contributed by atoms with E-state index in [1.54, 1.807) is 0 Å². The summed E-state index contributed by atoms with van der Waals surface area (Å²) in [6, 6.07) is 0. The molecule has 4 rings (SSSR count). The van der Waals surface area contributed by atoms with Crippen LogP contribution in [0.4, 0.5) is 0 Å². The quantitative estimate of drug-likeness (QED) is 0.376. The van der Waals surface area contributed by atoms with Gasteiger partial charge in [-0.2, -0.15) is 0 Å². The number of ether oxygens (including phenoxy) is 2. The second-order valence-corrected chi connectivity index (χ2v) is 10.6. The molecule has 4 saturated carbocycles. The molecule has 0 aromatic rings. The third kappa shape index (κ3) is 6.66. The maximum absolute atomic E-state index is 11.7. The second-order valence-electron chi connectivity index (χ2n) is 10.6. The lowest BCUT2D eigenvalue weighted by Gasteiger charge is -2.21. The number of Topliss-reactive ketones (excluding diaryl/α,β-unsaturated/α-hetero) is 1. The average Bonchev–Trinajstić information content (AvgIpc) is 3.66. The molecule has 4 aliphatic carbocycles. The van der Waals surface area contributed by atoms with Crippen LogP contribution < -0.4 is 0 Å². The van der Waals surface area contributed by atoms with Crippen molar-refractivity contribution in [3.63, 3.8) is 0 Å². The highest BCUT2D eigenvalue weighted by Gasteiger charge is 2.52. The van der Waals surface area contributed by atoms with Gasteiger partial charge in [0.25, 0.3) is 0 Å². The monoisotopic (exact) mass is 464 g/mol. The van der Waals surface area contributed by atoms with Crippen LogP contribution in [0, 0.1) is 53.3 Å². The Hall–Kier alpha value is -1.72. The summed E-state index contributed by atoms with van der Waals surface area (Å²) in [5.74, 6) is 4.55. The van der Waals surface area contributed by atoms with E-state index < -0.39 is 0 Å². The van der Waals surface area contributed by atoms with Gasteiger partial charge in [-0.1, -0.05) is 21.3 Å². The first-order chi connectivity index (χ1) is 15.3. The first-order valence-corrected chi connectivity index (χ1v) is 12.4. The van der Waals surface area contributed by atoms with Crippen molar-refractivity contribution in [2.75, 3.05) is 14.2 Å². The van der Waals surface area contributed by atoms with Crippen molar-refractivity contribution < 1.29 is 28.7 Å². The highest BCUT2D eigenvalue weighted by molar-refractivity contribution is 5.84. The maximum atomic E-state index is 11.7. The van der Waals surface area contributed by atoms with Crippen molar-refractivity contribution in [3.8, 4) is 0 Å². The van der Waals surface area contributed by atoms with E-state index in [2.05, 4.69) is 18.6 Å². The summed E-state index contributed by atoms with van der Waals surface area (Å²) >= 11 is 0.